The van der Waals surface area contributed by atoms with Gasteiger partial charge < -0.3 is 14.4 Å². The normalized spacial score (nSPS) is 16.1. The van der Waals surface area contributed by atoms with Crippen LogP contribution in [0.15, 0.2) is 67.1 Å². The molecule has 1 aliphatic rings. The lowest BCUT2D eigenvalue weighted by atomic mass is 10.0. The van der Waals surface area contributed by atoms with Gasteiger partial charge in [0, 0.05) is 25.1 Å². The van der Waals surface area contributed by atoms with Gasteiger partial charge in [0.1, 0.15) is 25.0 Å². The summed E-state index contributed by atoms with van der Waals surface area (Å²) in [7, 11) is 0. The molecule has 0 aliphatic carbocycles. The van der Waals surface area contributed by atoms with Crippen molar-refractivity contribution in [1.29, 1.82) is 0 Å². The summed E-state index contributed by atoms with van der Waals surface area (Å²) in [5, 5.41) is 0. The van der Waals surface area contributed by atoms with Crippen LogP contribution in [-0.2, 0) is 22.7 Å². The van der Waals surface area contributed by atoms with E-state index in [1.54, 1.807) is 24.7 Å². The van der Waals surface area contributed by atoms with Gasteiger partial charge in [0.15, 0.2) is 0 Å². The van der Waals surface area contributed by atoms with Gasteiger partial charge in [0.25, 0.3) is 0 Å². The van der Waals surface area contributed by atoms with Gasteiger partial charge in [0.05, 0.1) is 5.69 Å². The predicted octanol–water partition coefficient (Wildman–Crippen LogP) is 3.55. The van der Waals surface area contributed by atoms with Crippen molar-refractivity contribution in [2.24, 2.45) is 0 Å². The molecule has 3 heterocycles. The number of ether oxygens (including phenoxy) is 2. The van der Waals surface area contributed by atoms with Gasteiger partial charge in [-0.05, 0) is 55.2 Å². The molecular formula is C23H24N4O3. The molecule has 1 fully saturated rings. The Bertz CT molecular complexity index is 936. The highest BCUT2D eigenvalue weighted by atomic mass is 16.5. The zero-order chi connectivity index (χ0) is 20.6. The van der Waals surface area contributed by atoms with Crippen LogP contribution < -0.4 is 9.64 Å². The molecule has 30 heavy (non-hydrogen) atoms. The minimum Gasteiger partial charge on any atom is -0.487 e. The second-order valence-electron chi connectivity index (χ2n) is 7.12. The Hall–Kier alpha value is -3.48. The maximum absolute atomic E-state index is 12.7. The van der Waals surface area contributed by atoms with Crippen LogP contribution in [0.5, 0.6) is 5.75 Å². The van der Waals surface area contributed by atoms with Crippen LogP contribution >= 0.6 is 0 Å². The van der Waals surface area contributed by atoms with E-state index in [1.165, 1.54) is 0 Å². The first-order chi connectivity index (χ1) is 14.8. The van der Waals surface area contributed by atoms with Gasteiger partial charge in [-0.25, -0.2) is 14.8 Å². The van der Waals surface area contributed by atoms with Crippen LogP contribution in [0.25, 0.3) is 0 Å². The summed E-state index contributed by atoms with van der Waals surface area (Å²) in [6, 6.07) is 14.7. The van der Waals surface area contributed by atoms with Crippen LogP contribution in [-0.4, -0.2) is 33.5 Å². The van der Waals surface area contributed by atoms with E-state index in [9.17, 15) is 4.79 Å². The Balaban J connectivity index is 1.30. The Kier molecular flexibility index (Phi) is 6.49. The lowest BCUT2D eigenvalue weighted by Gasteiger charge is -2.33. The average molecular weight is 404 g/mol. The van der Waals surface area contributed by atoms with E-state index in [2.05, 4.69) is 15.0 Å². The molecule has 2 aromatic heterocycles. The fourth-order valence-electron chi connectivity index (χ4n) is 3.43. The summed E-state index contributed by atoms with van der Waals surface area (Å²) in [4.78, 5) is 27.5. The number of piperidine rings is 1. The molecule has 0 N–H and O–H groups in total. The van der Waals surface area contributed by atoms with Crippen molar-refractivity contribution in [3.05, 3.63) is 78.4 Å². The number of pyridine rings is 1. The number of anilines is 1. The second-order valence-corrected chi connectivity index (χ2v) is 7.12. The van der Waals surface area contributed by atoms with Crippen LogP contribution in [0.2, 0.25) is 0 Å². The molecule has 1 saturated heterocycles. The number of benzene rings is 1. The monoisotopic (exact) mass is 404 g/mol. The molecule has 154 valence electrons. The van der Waals surface area contributed by atoms with E-state index in [0.29, 0.717) is 12.6 Å². The fourth-order valence-corrected chi connectivity index (χ4v) is 3.43. The SMILES string of the molecule is O=C(OCc1ccc(OCc2ccccn2)cc1)C1CCCCN1c1ncccn1. The molecule has 0 saturated carbocycles. The van der Waals surface area contributed by atoms with Crippen molar-refractivity contribution in [3.8, 4) is 5.75 Å². The lowest BCUT2D eigenvalue weighted by Crippen LogP contribution is -2.46. The highest BCUT2D eigenvalue weighted by Gasteiger charge is 2.31. The molecular weight excluding hydrogens is 380 g/mol. The molecule has 0 radical (unpaired) electrons. The van der Waals surface area contributed by atoms with Gasteiger partial charge in [-0.15, -0.1) is 0 Å². The van der Waals surface area contributed by atoms with Crippen LogP contribution in [0.1, 0.15) is 30.5 Å². The summed E-state index contributed by atoms with van der Waals surface area (Å²) in [5.74, 6) is 1.08. The number of aromatic nitrogens is 3. The van der Waals surface area contributed by atoms with Crippen LogP contribution in [0, 0.1) is 0 Å². The van der Waals surface area contributed by atoms with Crippen molar-refractivity contribution in [2.45, 2.75) is 38.5 Å². The highest BCUT2D eigenvalue weighted by Crippen LogP contribution is 2.23. The maximum atomic E-state index is 12.7. The number of carbonyl (C=O) groups is 1. The van der Waals surface area contributed by atoms with E-state index >= 15 is 0 Å². The zero-order valence-electron chi connectivity index (χ0n) is 16.7. The largest absolute Gasteiger partial charge is 0.487 e. The third-order valence-corrected chi connectivity index (χ3v) is 5.00. The van der Waals surface area contributed by atoms with Gasteiger partial charge in [0.2, 0.25) is 5.95 Å². The zero-order valence-corrected chi connectivity index (χ0v) is 16.7. The van der Waals surface area contributed by atoms with Crippen molar-refractivity contribution in [1.82, 2.24) is 15.0 Å². The molecule has 0 amide bonds. The fraction of sp³-hybridized carbons (Fsp3) is 0.304. The van der Waals surface area contributed by atoms with Crippen LogP contribution in [0.4, 0.5) is 5.95 Å². The van der Waals surface area contributed by atoms with E-state index in [1.807, 2.05) is 47.4 Å². The number of hydrogen-bond donors (Lipinski definition) is 0. The molecule has 4 rings (SSSR count). The minimum absolute atomic E-state index is 0.222. The first kappa shape index (κ1) is 19.8. The Morgan fingerprint density at radius 1 is 0.933 bits per heavy atom. The summed E-state index contributed by atoms with van der Waals surface area (Å²) in [5.41, 5.74) is 1.78. The third kappa shape index (κ3) is 5.11. The first-order valence-corrected chi connectivity index (χ1v) is 10.1. The van der Waals surface area contributed by atoms with Gasteiger partial charge in [-0.2, -0.15) is 0 Å². The smallest absolute Gasteiger partial charge is 0.329 e. The molecule has 7 nitrogen and oxygen atoms in total. The highest BCUT2D eigenvalue weighted by molar-refractivity contribution is 5.79. The lowest BCUT2D eigenvalue weighted by molar-refractivity contribution is -0.147. The topological polar surface area (TPSA) is 77.4 Å². The standard InChI is InChI=1S/C23H24N4O3/c28-22(21-7-2-4-15-27(21)23-25-13-5-14-26-23)30-16-18-8-10-20(11-9-18)29-17-19-6-1-3-12-24-19/h1,3,5-6,8-14,21H,2,4,7,15-17H2. The maximum Gasteiger partial charge on any atom is 0.329 e. The molecule has 1 aliphatic heterocycles. The Labute approximate surface area is 175 Å². The van der Waals surface area contributed by atoms with E-state index in [0.717, 1.165) is 42.8 Å². The second kappa shape index (κ2) is 9.82. The quantitative estimate of drug-likeness (QED) is 0.557. The average Bonchev–Trinajstić information content (AvgIpc) is 2.83. The molecule has 1 atom stereocenters. The van der Waals surface area contributed by atoms with Gasteiger partial charge >= 0.3 is 5.97 Å². The number of nitrogens with zero attached hydrogens (tertiary/aromatic N) is 4. The van der Waals surface area contributed by atoms with E-state index in [-0.39, 0.29) is 18.6 Å². The first-order valence-electron chi connectivity index (χ1n) is 10.1. The minimum atomic E-state index is -0.345. The van der Waals surface area contributed by atoms with Crippen molar-refractivity contribution >= 4 is 11.9 Å². The molecule has 7 heteroatoms. The Morgan fingerprint density at radius 3 is 2.50 bits per heavy atom. The number of carbonyl (C=O) groups excluding carboxylic acids is 1. The molecule has 1 unspecified atom stereocenters. The molecule has 1 aromatic carbocycles. The van der Waals surface area contributed by atoms with Crippen LogP contribution in [0.3, 0.4) is 0 Å². The number of rotatable bonds is 7. The molecule has 3 aromatic rings. The van der Waals surface area contributed by atoms with E-state index in [4.69, 9.17) is 9.47 Å². The predicted molar refractivity (Wildman–Crippen MR) is 112 cm³/mol. The van der Waals surface area contributed by atoms with Crippen molar-refractivity contribution in [3.63, 3.8) is 0 Å². The van der Waals surface area contributed by atoms with Crippen molar-refractivity contribution < 1.29 is 14.3 Å². The summed E-state index contributed by atoms with van der Waals surface area (Å²) in [6.07, 6.45) is 7.88. The summed E-state index contributed by atoms with van der Waals surface area (Å²) in [6.45, 7) is 1.39. The van der Waals surface area contributed by atoms with Gasteiger partial charge in [-0.3, -0.25) is 4.98 Å². The number of esters is 1. The van der Waals surface area contributed by atoms with Crippen molar-refractivity contribution in [2.75, 3.05) is 11.4 Å². The molecule has 0 bridgehead atoms. The number of hydrogen-bond acceptors (Lipinski definition) is 7. The summed E-state index contributed by atoms with van der Waals surface area (Å²) >= 11 is 0. The summed E-state index contributed by atoms with van der Waals surface area (Å²) < 4.78 is 11.3. The van der Waals surface area contributed by atoms with E-state index < -0.39 is 0 Å². The van der Waals surface area contributed by atoms with Gasteiger partial charge in [-0.1, -0.05) is 18.2 Å². The third-order valence-electron chi connectivity index (χ3n) is 5.00. The Morgan fingerprint density at radius 2 is 1.73 bits per heavy atom. The molecule has 0 spiro atoms.